The van der Waals surface area contributed by atoms with Gasteiger partial charge in [0, 0.05) is 37.8 Å². The summed E-state index contributed by atoms with van der Waals surface area (Å²) < 4.78 is 25.4. The van der Waals surface area contributed by atoms with E-state index in [1.54, 1.807) is 11.8 Å². The maximum atomic E-state index is 6.66. The van der Waals surface area contributed by atoms with Gasteiger partial charge in [0.2, 0.25) is 11.8 Å². The molecule has 0 aliphatic carbocycles. The fourth-order valence-corrected chi connectivity index (χ4v) is 7.73. The second-order valence-corrected chi connectivity index (χ2v) is 12.5. The third-order valence-corrected chi connectivity index (χ3v) is 9.76. The van der Waals surface area contributed by atoms with Crippen LogP contribution in [0.3, 0.4) is 0 Å². The zero-order chi connectivity index (χ0) is 29.9. The highest BCUT2D eigenvalue weighted by atomic mass is 32.2. The maximum absolute atomic E-state index is 6.66. The summed E-state index contributed by atoms with van der Waals surface area (Å²) in [7, 11) is 0. The lowest BCUT2D eigenvalue weighted by atomic mass is 10.0. The number of hydrogen-bond donors (Lipinski definition) is 0. The van der Waals surface area contributed by atoms with E-state index < -0.39 is 0 Å². The lowest BCUT2D eigenvalue weighted by Crippen LogP contribution is -2.20. The van der Waals surface area contributed by atoms with E-state index >= 15 is 0 Å². The van der Waals surface area contributed by atoms with Crippen LogP contribution in [0.25, 0.3) is 67.0 Å². The molecule has 0 atom stereocenters. The molecule has 46 heavy (non-hydrogen) atoms. The molecular weight excluding hydrogens is 595 g/mol. The SMILES string of the molecule is c1ccc2oc(-c3cc4c5c(c3)Sc3cc6c(cc3N5c3cc(-c5nc7ccccc7o5)ccc3O4)oc3ccccc36)nc2c1. The fourth-order valence-electron chi connectivity index (χ4n) is 6.59. The first kappa shape index (κ1) is 24.3. The maximum Gasteiger partial charge on any atom is 0.227 e. The number of rotatable bonds is 2. The first-order valence-corrected chi connectivity index (χ1v) is 15.7. The molecule has 0 spiro atoms. The van der Waals surface area contributed by atoms with Gasteiger partial charge >= 0.3 is 0 Å². The van der Waals surface area contributed by atoms with Crippen molar-refractivity contribution < 1.29 is 18.0 Å². The molecule has 0 unspecified atom stereocenters. The third-order valence-electron chi connectivity index (χ3n) is 8.68. The Kier molecular flexibility index (Phi) is 4.66. The molecule has 0 amide bonds. The van der Waals surface area contributed by atoms with E-state index in [-0.39, 0.29) is 0 Å². The lowest BCUT2D eigenvalue weighted by molar-refractivity contribution is 0.474. The minimum atomic E-state index is 0.551. The Labute approximate surface area is 264 Å². The molecule has 2 aliphatic heterocycles. The Morgan fingerprint density at radius 1 is 0.500 bits per heavy atom. The summed E-state index contributed by atoms with van der Waals surface area (Å²) in [5.74, 6) is 2.55. The predicted molar refractivity (Wildman–Crippen MR) is 179 cm³/mol. The van der Waals surface area contributed by atoms with Crippen LogP contribution in [0.5, 0.6) is 11.5 Å². The van der Waals surface area contributed by atoms with E-state index in [9.17, 15) is 0 Å². The lowest BCUT2D eigenvalue weighted by Gasteiger charge is -2.38. The smallest absolute Gasteiger partial charge is 0.227 e. The molecule has 11 rings (SSSR count). The van der Waals surface area contributed by atoms with Crippen LogP contribution in [0.15, 0.2) is 138 Å². The molecule has 3 aromatic heterocycles. The molecule has 6 aromatic carbocycles. The minimum absolute atomic E-state index is 0.551. The number of ether oxygens (including phenoxy) is 1. The standard InChI is InChI=1S/C38H19N3O4S/c1-4-10-28-22(7-1)23-18-34-27(19-32(23)42-28)41-26-15-20(37-39-24-8-2-5-11-29(24)44-37)13-14-31(26)43-33-16-21(17-35(46-34)36(33)41)38-40-25-9-3-6-12-30(25)45-38/h1-19H. The average molecular weight is 614 g/mol. The predicted octanol–water partition coefficient (Wildman–Crippen LogP) is 11.2. The van der Waals surface area contributed by atoms with Gasteiger partial charge in [0.1, 0.15) is 27.9 Å². The number of fused-ring (bicyclic) bond motifs is 9. The van der Waals surface area contributed by atoms with Crippen molar-refractivity contribution in [1.29, 1.82) is 0 Å². The molecule has 7 nitrogen and oxygen atoms in total. The Balaban J connectivity index is 1.15. The van der Waals surface area contributed by atoms with Crippen molar-refractivity contribution in [3.8, 4) is 34.4 Å². The molecular formula is C38H19N3O4S. The number of furan rings is 1. The summed E-state index contributed by atoms with van der Waals surface area (Å²) in [5.41, 5.74) is 9.38. The van der Waals surface area contributed by atoms with E-state index in [2.05, 4.69) is 35.2 Å². The number of benzene rings is 6. The molecule has 2 aliphatic rings. The Morgan fingerprint density at radius 2 is 1.22 bits per heavy atom. The van der Waals surface area contributed by atoms with Crippen LogP contribution in [0.4, 0.5) is 17.1 Å². The number of aromatic nitrogens is 2. The highest BCUT2D eigenvalue weighted by molar-refractivity contribution is 7.99. The number of oxazole rings is 2. The van der Waals surface area contributed by atoms with E-state index in [1.807, 2.05) is 84.9 Å². The van der Waals surface area contributed by atoms with Crippen LogP contribution in [0.1, 0.15) is 0 Å². The second kappa shape index (κ2) is 8.80. The van der Waals surface area contributed by atoms with Gasteiger partial charge in [-0.3, -0.25) is 0 Å². The Hall–Kier alpha value is -5.99. The van der Waals surface area contributed by atoms with Crippen molar-refractivity contribution >= 4 is 73.0 Å². The molecule has 9 aromatic rings. The average Bonchev–Trinajstić information content (AvgIpc) is 3.82. The number of para-hydroxylation sites is 5. The third kappa shape index (κ3) is 3.39. The largest absolute Gasteiger partial charge is 0.456 e. The van der Waals surface area contributed by atoms with Crippen molar-refractivity contribution in [2.75, 3.05) is 4.90 Å². The van der Waals surface area contributed by atoms with Gasteiger partial charge in [0.05, 0.1) is 11.4 Å². The summed E-state index contributed by atoms with van der Waals surface area (Å²) in [5, 5.41) is 2.17. The van der Waals surface area contributed by atoms with Crippen LogP contribution in [0.2, 0.25) is 0 Å². The first-order valence-electron chi connectivity index (χ1n) is 14.9. The van der Waals surface area contributed by atoms with E-state index in [0.29, 0.717) is 11.8 Å². The Bertz CT molecular complexity index is 2670. The van der Waals surface area contributed by atoms with Gasteiger partial charge < -0.3 is 22.9 Å². The quantitative estimate of drug-likeness (QED) is 0.191. The molecule has 0 N–H and O–H groups in total. The van der Waals surface area contributed by atoms with Gasteiger partial charge in [-0.1, -0.05) is 54.2 Å². The van der Waals surface area contributed by atoms with Crippen LogP contribution in [0, 0.1) is 0 Å². The molecule has 0 fully saturated rings. The molecule has 0 bridgehead atoms. The molecule has 5 heterocycles. The number of nitrogens with zero attached hydrogens (tertiary/aromatic N) is 3. The van der Waals surface area contributed by atoms with Gasteiger partial charge in [-0.2, -0.15) is 0 Å². The summed E-state index contributed by atoms with van der Waals surface area (Å²) >= 11 is 1.71. The van der Waals surface area contributed by atoms with Gasteiger partial charge in [-0.05, 0) is 66.7 Å². The van der Waals surface area contributed by atoms with E-state index in [1.165, 1.54) is 0 Å². The zero-order valence-electron chi connectivity index (χ0n) is 23.9. The summed E-state index contributed by atoms with van der Waals surface area (Å²) in [6.45, 7) is 0. The number of anilines is 3. The van der Waals surface area contributed by atoms with Gasteiger partial charge in [-0.25, -0.2) is 9.97 Å². The van der Waals surface area contributed by atoms with Crippen molar-refractivity contribution in [2.24, 2.45) is 0 Å². The van der Waals surface area contributed by atoms with Crippen LogP contribution < -0.4 is 9.64 Å². The van der Waals surface area contributed by atoms with Gasteiger partial charge in [0.25, 0.3) is 0 Å². The zero-order valence-corrected chi connectivity index (χ0v) is 24.7. The van der Waals surface area contributed by atoms with Gasteiger partial charge in [0.15, 0.2) is 22.7 Å². The van der Waals surface area contributed by atoms with Gasteiger partial charge in [-0.15, -0.1) is 0 Å². The van der Waals surface area contributed by atoms with Crippen LogP contribution in [-0.4, -0.2) is 9.97 Å². The van der Waals surface area contributed by atoms with E-state index in [4.69, 9.17) is 28.0 Å². The summed E-state index contributed by atoms with van der Waals surface area (Å²) in [6.07, 6.45) is 0. The second-order valence-electron chi connectivity index (χ2n) is 11.4. The fraction of sp³-hybridized carbons (Fsp3) is 0. The van der Waals surface area contributed by atoms with E-state index in [0.717, 1.165) is 93.6 Å². The topological polar surface area (TPSA) is 77.7 Å². The monoisotopic (exact) mass is 613 g/mol. The molecule has 0 saturated heterocycles. The molecule has 0 radical (unpaired) electrons. The van der Waals surface area contributed by atoms with Crippen LogP contribution in [-0.2, 0) is 0 Å². The minimum Gasteiger partial charge on any atom is -0.456 e. The molecule has 8 heteroatoms. The molecule has 216 valence electrons. The van der Waals surface area contributed by atoms with Crippen LogP contribution >= 0.6 is 11.8 Å². The normalized spacial score (nSPS) is 13.3. The van der Waals surface area contributed by atoms with Crippen molar-refractivity contribution in [2.45, 2.75) is 9.79 Å². The first-order chi connectivity index (χ1) is 22.7. The summed E-state index contributed by atoms with van der Waals surface area (Å²) in [6, 6.07) is 38.4. The highest BCUT2D eigenvalue weighted by Crippen LogP contribution is 2.61. The van der Waals surface area contributed by atoms with Crippen molar-refractivity contribution in [3.63, 3.8) is 0 Å². The highest BCUT2D eigenvalue weighted by Gasteiger charge is 2.36. The summed E-state index contributed by atoms with van der Waals surface area (Å²) in [4.78, 5) is 14.0. The van der Waals surface area contributed by atoms with Crippen molar-refractivity contribution in [3.05, 3.63) is 115 Å². The van der Waals surface area contributed by atoms with Crippen molar-refractivity contribution in [1.82, 2.24) is 9.97 Å². The Morgan fingerprint density at radius 3 is 2.00 bits per heavy atom. The molecule has 0 saturated carbocycles. The number of hydrogen-bond acceptors (Lipinski definition) is 8.